The van der Waals surface area contributed by atoms with Gasteiger partial charge in [-0.2, -0.15) is 0 Å². The Hall–Kier alpha value is -0.920. The van der Waals surface area contributed by atoms with Crippen molar-refractivity contribution in [2.45, 2.75) is 13.3 Å². The second-order valence-corrected chi connectivity index (χ2v) is 2.21. The average Bonchev–Trinajstić information content (AvgIpc) is 2.06. The molecule has 2 heteroatoms. The summed E-state index contributed by atoms with van der Waals surface area (Å²) in [5.74, 6) is 1.68. The lowest BCUT2D eigenvalue weighted by atomic mass is 10.1. The van der Waals surface area contributed by atoms with E-state index in [1.165, 1.54) is 0 Å². The largest absolute Gasteiger partial charge is 0.497 e. The van der Waals surface area contributed by atoms with Gasteiger partial charge in [0, 0.05) is 6.42 Å². The standard InChI is InChI=1S/C9H13O2/c1-3-11-9-7-5-4-6-8(9)10-2/h5-7H,3-4H2,1-2H3. The minimum atomic E-state index is 0.681. The summed E-state index contributed by atoms with van der Waals surface area (Å²) in [5.41, 5.74) is 0. The van der Waals surface area contributed by atoms with Gasteiger partial charge in [0.1, 0.15) is 5.76 Å². The molecule has 1 aliphatic rings. The quantitative estimate of drug-likeness (QED) is 0.617. The Labute approximate surface area is 67.5 Å². The maximum Gasteiger partial charge on any atom is 0.156 e. The summed E-state index contributed by atoms with van der Waals surface area (Å²) >= 11 is 0. The van der Waals surface area contributed by atoms with Crippen molar-refractivity contribution in [3.63, 3.8) is 0 Å². The van der Waals surface area contributed by atoms with Gasteiger partial charge < -0.3 is 9.47 Å². The van der Waals surface area contributed by atoms with E-state index in [2.05, 4.69) is 0 Å². The fourth-order valence-corrected chi connectivity index (χ4v) is 0.992. The maximum absolute atomic E-state index is 5.32. The summed E-state index contributed by atoms with van der Waals surface area (Å²) in [5, 5.41) is 0. The zero-order valence-corrected chi connectivity index (χ0v) is 6.96. The first kappa shape index (κ1) is 8.18. The fraction of sp³-hybridized carbons (Fsp3) is 0.444. The van der Waals surface area contributed by atoms with Crippen LogP contribution >= 0.6 is 0 Å². The highest BCUT2D eigenvalue weighted by molar-refractivity contribution is 5.27. The van der Waals surface area contributed by atoms with Crippen LogP contribution < -0.4 is 0 Å². The van der Waals surface area contributed by atoms with E-state index in [0.29, 0.717) is 6.61 Å². The number of hydrogen-bond acceptors (Lipinski definition) is 2. The van der Waals surface area contributed by atoms with E-state index in [-0.39, 0.29) is 0 Å². The van der Waals surface area contributed by atoms with Crippen LogP contribution in [0.1, 0.15) is 13.3 Å². The normalized spacial score (nSPS) is 16.9. The number of rotatable bonds is 3. The molecule has 0 fully saturated rings. The topological polar surface area (TPSA) is 18.5 Å². The van der Waals surface area contributed by atoms with E-state index in [0.717, 1.165) is 17.9 Å². The van der Waals surface area contributed by atoms with Gasteiger partial charge in [-0.05, 0) is 19.4 Å². The predicted molar refractivity (Wildman–Crippen MR) is 43.7 cm³/mol. The lowest BCUT2D eigenvalue weighted by molar-refractivity contribution is 0.200. The predicted octanol–water partition coefficient (Wildman–Crippen LogP) is 2.05. The molecule has 0 N–H and O–H groups in total. The molecule has 2 nitrogen and oxygen atoms in total. The Bertz CT molecular complexity index is 180. The van der Waals surface area contributed by atoms with Gasteiger partial charge in [0.15, 0.2) is 5.76 Å². The van der Waals surface area contributed by atoms with Crippen LogP contribution in [-0.2, 0) is 9.47 Å². The number of methoxy groups -OCH3 is 1. The Kier molecular flexibility index (Phi) is 3.02. The summed E-state index contributed by atoms with van der Waals surface area (Å²) in [7, 11) is 1.66. The van der Waals surface area contributed by atoms with Crippen LogP contribution in [0.5, 0.6) is 0 Å². The molecule has 1 radical (unpaired) electrons. The molecule has 0 heterocycles. The molecule has 0 saturated heterocycles. The van der Waals surface area contributed by atoms with Crippen molar-refractivity contribution in [3.8, 4) is 0 Å². The summed E-state index contributed by atoms with van der Waals surface area (Å²) in [4.78, 5) is 0. The fourth-order valence-electron chi connectivity index (χ4n) is 0.992. The first-order valence-corrected chi connectivity index (χ1v) is 3.79. The zero-order valence-electron chi connectivity index (χ0n) is 6.96. The lowest BCUT2D eigenvalue weighted by Gasteiger charge is -2.13. The Balaban J connectivity index is 2.66. The third kappa shape index (κ3) is 2.00. The van der Waals surface area contributed by atoms with Crippen LogP contribution in [0.2, 0.25) is 0 Å². The van der Waals surface area contributed by atoms with Crippen molar-refractivity contribution >= 4 is 0 Å². The molecule has 0 aromatic heterocycles. The van der Waals surface area contributed by atoms with E-state index in [4.69, 9.17) is 9.47 Å². The molecule has 0 aromatic carbocycles. The van der Waals surface area contributed by atoms with Crippen molar-refractivity contribution in [1.82, 2.24) is 0 Å². The summed E-state index contributed by atoms with van der Waals surface area (Å²) in [6, 6.07) is 0. The van der Waals surface area contributed by atoms with Gasteiger partial charge in [-0.3, -0.25) is 0 Å². The monoisotopic (exact) mass is 153 g/mol. The van der Waals surface area contributed by atoms with Gasteiger partial charge in [-0.15, -0.1) is 0 Å². The second kappa shape index (κ2) is 4.06. The van der Waals surface area contributed by atoms with Crippen LogP contribution in [0.15, 0.2) is 23.7 Å². The minimum absolute atomic E-state index is 0.681. The van der Waals surface area contributed by atoms with Crippen molar-refractivity contribution in [2.24, 2.45) is 0 Å². The number of hydrogen-bond donors (Lipinski definition) is 0. The molecule has 61 valence electrons. The van der Waals surface area contributed by atoms with E-state index >= 15 is 0 Å². The minimum Gasteiger partial charge on any atom is -0.497 e. The number of allylic oxidation sites excluding steroid dienone is 3. The molecule has 0 saturated carbocycles. The van der Waals surface area contributed by atoms with Gasteiger partial charge in [-0.25, -0.2) is 0 Å². The molecule has 0 unspecified atom stereocenters. The van der Waals surface area contributed by atoms with Gasteiger partial charge in [0.2, 0.25) is 0 Å². The van der Waals surface area contributed by atoms with E-state index in [1.54, 1.807) is 7.11 Å². The van der Waals surface area contributed by atoms with Crippen molar-refractivity contribution in [2.75, 3.05) is 13.7 Å². The van der Waals surface area contributed by atoms with E-state index in [9.17, 15) is 0 Å². The van der Waals surface area contributed by atoms with Crippen molar-refractivity contribution in [3.05, 3.63) is 30.1 Å². The Morgan fingerprint density at radius 2 is 2.27 bits per heavy atom. The van der Waals surface area contributed by atoms with E-state index < -0.39 is 0 Å². The van der Waals surface area contributed by atoms with Gasteiger partial charge in [0.05, 0.1) is 13.7 Å². The van der Waals surface area contributed by atoms with Crippen LogP contribution in [0.25, 0.3) is 0 Å². The first-order chi connectivity index (χ1) is 5.38. The highest BCUT2D eigenvalue weighted by atomic mass is 16.5. The highest BCUT2D eigenvalue weighted by Gasteiger charge is 2.08. The Morgan fingerprint density at radius 1 is 1.45 bits per heavy atom. The summed E-state index contributed by atoms with van der Waals surface area (Å²) < 4.78 is 10.4. The average molecular weight is 153 g/mol. The molecular formula is C9H13O2. The molecule has 0 atom stereocenters. The molecular weight excluding hydrogens is 140 g/mol. The van der Waals surface area contributed by atoms with Crippen LogP contribution in [0.3, 0.4) is 0 Å². The smallest absolute Gasteiger partial charge is 0.156 e. The van der Waals surface area contributed by atoms with Crippen molar-refractivity contribution in [1.29, 1.82) is 0 Å². The molecule has 0 amide bonds. The molecule has 0 aromatic rings. The van der Waals surface area contributed by atoms with Crippen LogP contribution in [-0.4, -0.2) is 13.7 Å². The molecule has 0 spiro atoms. The lowest BCUT2D eigenvalue weighted by Crippen LogP contribution is -2.01. The molecule has 0 aliphatic heterocycles. The van der Waals surface area contributed by atoms with Gasteiger partial charge >= 0.3 is 0 Å². The number of ether oxygens (including phenoxy) is 2. The van der Waals surface area contributed by atoms with E-state index in [1.807, 2.05) is 25.5 Å². The third-order valence-electron chi connectivity index (χ3n) is 1.47. The summed E-state index contributed by atoms with van der Waals surface area (Å²) in [6.45, 7) is 2.64. The highest BCUT2D eigenvalue weighted by Crippen LogP contribution is 2.18. The molecule has 1 rings (SSSR count). The van der Waals surface area contributed by atoms with Crippen molar-refractivity contribution < 1.29 is 9.47 Å². The molecule has 1 aliphatic carbocycles. The van der Waals surface area contributed by atoms with Crippen LogP contribution in [0, 0.1) is 6.42 Å². The first-order valence-electron chi connectivity index (χ1n) is 3.79. The second-order valence-electron chi connectivity index (χ2n) is 2.21. The third-order valence-corrected chi connectivity index (χ3v) is 1.47. The molecule has 0 bridgehead atoms. The molecule has 11 heavy (non-hydrogen) atoms. The summed E-state index contributed by atoms with van der Waals surface area (Å²) in [6.07, 6.45) is 6.93. The SMILES string of the molecule is CCOC1=C(OC)[CH]CC=C1. The van der Waals surface area contributed by atoms with Crippen LogP contribution in [0.4, 0.5) is 0 Å². The zero-order chi connectivity index (χ0) is 8.10. The van der Waals surface area contributed by atoms with Gasteiger partial charge in [-0.1, -0.05) is 6.08 Å². The maximum atomic E-state index is 5.32. The Morgan fingerprint density at radius 3 is 2.91 bits per heavy atom. The van der Waals surface area contributed by atoms with Gasteiger partial charge in [0.25, 0.3) is 0 Å².